The third-order valence-electron chi connectivity index (χ3n) is 7.80. The zero-order valence-electron chi connectivity index (χ0n) is 20.6. The van der Waals surface area contributed by atoms with Crippen LogP contribution in [-0.4, -0.2) is 53.7 Å². The molecule has 6 rings (SSSR count). The van der Waals surface area contributed by atoms with Crippen molar-refractivity contribution in [1.82, 2.24) is 9.88 Å². The molecule has 6 nitrogen and oxygen atoms in total. The molecule has 1 aromatic heterocycles. The van der Waals surface area contributed by atoms with Gasteiger partial charge in [-0.15, -0.1) is 0 Å². The highest BCUT2D eigenvalue weighted by molar-refractivity contribution is 5.98. The molecule has 2 atom stereocenters. The number of pyridine rings is 1. The average molecular weight is 483 g/mol. The van der Waals surface area contributed by atoms with Crippen LogP contribution in [0.15, 0.2) is 60.7 Å². The standard InChI is InChI=1S/C30H30N2O4/c1-18-11-20(12-19(2)31-18)29(33)21-13-22-15-35-16-23(14-21)32(22)30(34)36-17-28-26-9-5-3-7-24(26)25-8-4-6-10-27(25)28/h3-12,21-23,28H,13-17H2,1-2H3. The summed E-state index contributed by atoms with van der Waals surface area (Å²) in [7, 11) is 0. The first-order valence-electron chi connectivity index (χ1n) is 12.7. The van der Waals surface area contributed by atoms with E-state index in [2.05, 4.69) is 29.2 Å². The van der Waals surface area contributed by atoms with Crippen molar-refractivity contribution in [3.63, 3.8) is 0 Å². The van der Waals surface area contributed by atoms with Crippen LogP contribution in [0.3, 0.4) is 0 Å². The Labute approximate surface area is 211 Å². The Bertz CT molecular complexity index is 1260. The molecule has 6 heteroatoms. The van der Waals surface area contributed by atoms with Crippen LogP contribution in [0, 0.1) is 19.8 Å². The molecule has 0 N–H and O–H groups in total. The second-order valence-electron chi connectivity index (χ2n) is 10.2. The van der Waals surface area contributed by atoms with Crippen molar-refractivity contribution in [2.45, 2.75) is 44.7 Å². The van der Waals surface area contributed by atoms with E-state index in [1.165, 1.54) is 22.3 Å². The van der Waals surface area contributed by atoms with Gasteiger partial charge in [-0.25, -0.2) is 4.79 Å². The largest absolute Gasteiger partial charge is 0.448 e. The van der Waals surface area contributed by atoms with Crippen LogP contribution in [0.1, 0.15) is 51.6 Å². The first-order valence-corrected chi connectivity index (χ1v) is 12.7. The minimum atomic E-state index is -0.309. The van der Waals surface area contributed by atoms with E-state index >= 15 is 0 Å². The van der Waals surface area contributed by atoms with Crippen LogP contribution in [0.4, 0.5) is 4.79 Å². The molecule has 0 radical (unpaired) electrons. The van der Waals surface area contributed by atoms with Crippen molar-refractivity contribution < 1.29 is 19.1 Å². The van der Waals surface area contributed by atoms with E-state index in [-0.39, 0.29) is 35.8 Å². The van der Waals surface area contributed by atoms with E-state index in [4.69, 9.17) is 9.47 Å². The fourth-order valence-corrected chi connectivity index (χ4v) is 6.31. The summed E-state index contributed by atoms with van der Waals surface area (Å²) in [6.07, 6.45) is 0.858. The fraction of sp³-hybridized carbons (Fsp3) is 0.367. The number of nitrogens with zero attached hydrogens (tertiary/aromatic N) is 2. The summed E-state index contributed by atoms with van der Waals surface area (Å²) in [6, 6.07) is 20.1. The number of ketones is 1. The van der Waals surface area contributed by atoms with Crippen LogP contribution in [0.5, 0.6) is 0 Å². The van der Waals surface area contributed by atoms with Gasteiger partial charge in [0, 0.05) is 28.8 Å². The third kappa shape index (κ3) is 3.99. The van der Waals surface area contributed by atoms with E-state index in [1.807, 2.05) is 55.1 Å². The minimum absolute atomic E-state index is 0.0229. The SMILES string of the molecule is Cc1cc(C(=O)C2CC3COCC(C2)N3C(=O)OCC2c3ccccc3-c3ccccc32)cc(C)n1. The maximum absolute atomic E-state index is 13.4. The van der Waals surface area contributed by atoms with Crippen molar-refractivity contribution in [3.05, 3.63) is 88.7 Å². The smallest absolute Gasteiger partial charge is 0.410 e. The van der Waals surface area contributed by atoms with Gasteiger partial charge in [0.15, 0.2) is 5.78 Å². The van der Waals surface area contributed by atoms with Gasteiger partial charge in [-0.05, 0) is 61.1 Å². The summed E-state index contributed by atoms with van der Waals surface area (Å²) < 4.78 is 11.8. The zero-order chi connectivity index (χ0) is 24.8. The van der Waals surface area contributed by atoms with Gasteiger partial charge in [0.05, 0.1) is 25.3 Å². The zero-order valence-corrected chi connectivity index (χ0v) is 20.6. The van der Waals surface area contributed by atoms with Crippen LogP contribution in [-0.2, 0) is 9.47 Å². The van der Waals surface area contributed by atoms with Crippen molar-refractivity contribution in [2.24, 2.45) is 5.92 Å². The number of carbonyl (C=O) groups is 2. The number of aromatic nitrogens is 1. The van der Waals surface area contributed by atoms with Gasteiger partial charge < -0.3 is 9.47 Å². The molecule has 2 aliphatic heterocycles. The number of rotatable bonds is 4. The number of Topliss-reactive ketones (excluding diaryl/α,β-unsaturated/α-hetero) is 1. The highest BCUT2D eigenvalue weighted by Crippen LogP contribution is 2.44. The Morgan fingerprint density at radius 2 is 1.47 bits per heavy atom. The topological polar surface area (TPSA) is 68.7 Å². The summed E-state index contributed by atoms with van der Waals surface area (Å²) in [5, 5.41) is 0. The van der Waals surface area contributed by atoms with Gasteiger partial charge in [0.2, 0.25) is 0 Å². The molecule has 2 saturated heterocycles. The van der Waals surface area contributed by atoms with Crippen molar-refractivity contribution in [2.75, 3.05) is 19.8 Å². The molecule has 2 fully saturated rings. The van der Waals surface area contributed by atoms with Crippen molar-refractivity contribution in [3.8, 4) is 11.1 Å². The van der Waals surface area contributed by atoms with Crippen LogP contribution in [0.25, 0.3) is 11.1 Å². The third-order valence-corrected chi connectivity index (χ3v) is 7.80. The van der Waals surface area contributed by atoms with E-state index in [0.29, 0.717) is 38.2 Å². The fourth-order valence-electron chi connectivity index (χ4n) is 6.31. The lowest BCUT2D eigenvalue weighted by molar-refractivity contribution is -0.0747. The molecule has 3 aliphatic rings. The Kier molecular flexibility index (Phi) is 5.84. The normalized spacial score (nSPS) is 22.6. The van der Waals surface area contributed by atoms with Gasteiger partial charge in [-0.1, -0.05) is 48.5 Å². The molecule has 0 saturated carbocycles. The van der Waals surface area contributed by atoms with E-state index in [9.17, 15) is 9.59 Å². The number of ether oxygens (including phenoxy) is 2. The summed E-state index contributed by atoms with van der Waals surface area (Å²) in [5.41, 5.74) is 7.21. The van der Waals surface area contributed by atoms with Crippen LogP contribution < -0.4 is 0 Å². The van der Waals surface area contributed by atoms with Crippen LogP contribution in [0.2, 0.25) is 0 Å². The number of morpholine rings is 1. The molecular weight excluding hydrogens is 452 g/mol. The molecule has 2 unspecified atom stereocenters. The highest BCUT2D eigenvalue weighted by Gasteiger charge is 2.45. The Morgan fingerprint density at radius 3 is 2.06 bits per heavy atom. The summed E-state index contributed by atoms with van der Waals surface area (Å²) >= 11 is 0. The van der Waals surface area contributed by atoms with Crippen LogP contribution >= 0.6 is 0 Å². The Balaban J connectivity index is 1.17. The van der Waals surface area contributed by atoms with E-state index < -0.39 is 0 Å². The first kappa shape index (κ1) is 22.9. The molecule has 184 valence electrons. The highest BCUT2D eigenvalue weighted by atomic mass is 16.6. The second kappa shape index (κ2) is 9.17. The lowest BCUT2D eigenvalue weighted by Gasteiger charge is -2.47. The molecule has 1 amide bonds. The van der Waals surface area contributed by atoms with Gasteiger partial charge in [-0.3, -0.25) is 14.7 Å². The molecule has 2 aromatic carbocycles. The number of fused-ring (bicyclic) bond motifs is 5. The van der Waals surface area contributed by atoms with Gasteiger partial charge in [0.25, 0.3) is 0 Å². The predicted molar refractivity (Wildman–Crippen MR) is 136 cm³/mol. The summed E-state index contributed by atoms with van der Waals surface area (Å²) in [6.45, 7) is 4.97. The van der Waals surface area contributed by atoms with Gasteiger partial charge in [0.1, 0.15) is 6.61 Å². The maximum Gasteiger partial charge on any atom is 0.410 e. The molecule has 0 spiro atoms. The number of carbonyl (C=O) groups excluding carboxylic acids is 2. The van der Waals surface area contributed by atoms with E-state index in [0.717, 1.165) is 11.4 Å². The number of benzene rings is 2. The predicted octanol–water partition coefficient (Wildman–Crippen LogP) is 5.31. The maximum atomic E-state index is 13.4. The van der Waals surface area contributed by atoms with Crippen molar-refractivity contribution >= 4 is 11.9 Å². The second-order valence-corrected chi connectivity index (χ2v) is 10.2. The molecule has 2 bridgehead atoms. The molecule has 36 heavy (non-hydrogen) atoms. The number of hydrogen-bond donors (Lipinski definition) is 0. The molecule has 1 aliphatic carbocycles. The van der Waals surface area contributed by atoms with Gasteiger partial charge >= 0.3 is 6.09 Å². The number of amides is 1. The van der Waals surface area contributed by atoms with Crippen molar-refractivity contribution in [1.29, 1.82) is 0 Å². The lowest BCUT2D eigenvalue weighted by atomic mass is 9.81. The Hall–Kier alpha value is -3.51. The summed E-state index contributed by atoms with van der Waals surface area (Å²) in [5.74, 6) is 0.0187. The number of hydrogen-bond acceptors (Lipinski definition) is 5. The first-order chi connectivity index (χ1) is 17.5. The molecule has 3 aromatic rings. The average Bonchev–Trinajstić information content (AvgIpc) is 3.19. The quantitative estimate of drug-likeness (QED) is 0.472. The number of aryl methyl sites for hydroxylation is 2. The minimum Gasteiger partial charge on any atom is -0.448 e. The molecular formula is C30H30N2O4. The van der Waals surface area contributed by atoms with E-state index in [1.54, 1.807) is 0 Å². The lowest BCUT2D eigenvalue weighted by Crippen LogP contribution is -2.60. The summed E-state index contributed by atoms with van der Waals surface area (Å²) in [4.78, 5) is 33.0. The van der Waals surface area contributed by atoms with Gasteiger partial charge in [-0.2, -0.15) is 0 Å². The Morgan fingerprint density at radius 1 is 0.917 bits per heavy atom. The monoisotopic (exact) mass is 482 g/mol. The number of piperidine rings is 1. The molecule has 3 heterocycles.